The topological polar surface area (TPSA) is 71.6 Å². The van der Waals surface area contributed by atoms with Gasteiger partial charge in [-0.1, -0.05) is 6.92 Å². The number of aromatic amines is 1. The molecule has 1 aliphatic heterocycles. The lowest BCUT2D eigenvalue weighted by molar-refractivity contribution is -0.133. The lowest BCUT2D eigenvalue weighted by Crippen LogP contribution is -2.36. The van der Waals surface area contributed by atoms with Crippen LogP contribution in [0.15, 0.2) is 0 Å². The van der Waals surface area contributed by atoms with Crippen molar-refractivity contribution in [2.75, 3.05) is 19.8 Å². The Morgan fingerprint density at radius 2 is 2.08 bits per heavy atom. The van der Waals surface area contributed by atoms with E-state index in [1.54, 1.807) is 6.92 Å². The third kappa shape index (κ3) is 4.17. The highest BCUT2D eigenvalue weighted by Crippen LogP contribution is 2.22. The fraction of sp³-hybridized carbons (Fsp3) is 0.667. The normalized spacial score (nSPS) is 17.1. The number of aromatic nitrogens is 1. The number of H-pyrrole nitrogens is 1. The largest absolute Gasteiger partial charge is 0.461 e. The minimum atomic E-state index is -0.350. The molecule has 24 heavy (non-hydrogen) atoms. The molecule has 1 atom stereocenters. The molecule has 1 aliphatic rings. The Morgan fingerprint density at radius 1 is 1.33 bits per heavy atom. The van der Waals surface area contributed by atoms with E-state index in [0.29, 0.717) is 31.8 Å². The van der Waals surface area contributed by atoms with Crippen LogP contribution >= 0.6 is 0 Å². The summed E-state index contributed by atoms with van der Waals surface area (Å²) in [5.41, 5.74) is 3.22. The summed E-state index contributed by atoms with van der Waals surface area (Å²) in [4.78, 5) is 29.3. The van der Waals surface area contributed by atoms with Gasteiger partial charge in [-0.15, -0.1) is 0 Å². The fourth-order valence-corrected chi connectivity index (χ4v) is 3.14. The van der Waals surface area contributed by atoms with Crippen LogP contribution in [-0.4, -0.2) is 47.6 Å². The fourth-order valence-electron chi connectivity index (χ4n) is 3.14. The molecule has 1 aromatic heterocycles. The van der Waals surface area contributed by atoms with E-state index in [9.17, 15) is 9.59 Å². The minimum Gasteiger partial charge on any atom is -0.461 e. The maximum absolute atomic E-state index is 12.3. The summed E-state index contributed by atoms with van der Waals surface area (Å²) in [6.07, 6.45) is 2.62. The molecule has 6 nitrogen and oxygen atoms in total. The maximum Gasteiger partial charge on any atom is 0.355 e. The summed E-state index contributed by atoms with van der Waals surface area (Å²) in [6, 6.07) is 0. The van der Waals surface area contributed by atoms with Crippen LogP contribution in [0, 0.1) is 13.8 Å². The van der Waals surface area contributed by atoms with Gasteiger partial charge in [0, 0.05) is 31.8 Å². The van der Waals surface area contributed by atoms with E-state index in [1.807, 2.05) is 25.7 Å². The van der Waals surface area contributed by atoms with Gasteiger partial charge in [-0.2, -0.15) is 0 Å². The number of ether oxygens (including phenoxy) is 2. The first-order chi connectivity index (χ1) is 11.5. The Bertz CT molecular complexity index is 588. The van der Waals surface area contributed by atoms with Gasteiger partial charge in [0.15, 0.2) is 0 Å². The van der Waals surface area contributed by atoms with Crippen LogP contribution in [0.2, 0.25) is 0 Å². The van der Waals surface area contributed by atoms with Gasteiger partial charge in [0.25, 0.3) is 0 Å². The van der Waals surface area contributed by atoms with E-state index < -0.39 is 0 Å². The lowest BCUT2D eigenvalue weighted by Gasteiger charge is -2.25. The first-order valence-corrected chi connectivity index (χ1v) is 8.72. The smallest absolute Gasteiger partial charge is 0.355 e. The Labute approximate surface area is 143 Å². The van der Waals surface area contributed by atoms with Gasteiger partial charge in [-0.05, 0) is 44.7 Å². The van der Waals surface area contributed by atoms with E-state index in [2.05, 4.69) is 4.98 Å². The molecule has 1 amide bonds. The molecule has 0 aliphatic carbocycles. The van der Waals surface area contributed by atoms with E-state index in [0.717, 1.165) is 36.3 Å². The average molecular weight is 336 g/mol. The highest BCUT2D eigenvalue weighted by atomic mass is 16.5. The predicted molar refractivity (Wildman–Crippen MR) is 90.9 cm³/mol. The first kappa shape index (κ1) is 18.5. The number of aryl methyl sites for hydroxylation is 1. The van der Waals surface area contributed by atoms with Crippen molar-refractivity contribution in [2.24, 2.45) is 0 Å². The SMILES string of the molecule is CCOC(=O)c1[nH]c(C)c(CN(C[C@H]2CCCO2)C(=O)CC)c1C. The van der Waals surface area contributed by atoms with Crippen LogP contribution in [0.1, 0.15) is 60.4 Å². The molecule has 1 aromatic rings. The highest BCUT2D eigenvalue weighted by Gasteiger charge is 2.25. The summed E-state index contributed by atoms with van der Waals surface area (Å²) < 4.78 is 10.8. The molecular weight excluding hydrogens is 308 g/mol. The van der Waals surface area contributed by atoms with Crippen molar-refractivity contribution in [1.82, 2.24) is 9.88 Å². The number of hydrogen-bond donors (Lipinski definition) is 1. The minimum absolute atomic E-state index is 0.100. The van der Waals surface area contributed by atoms with Crippen LogP contribution < -0.4 is 0 Å². The van der Waals surface area contributed by atoms with E-state index in [-0.39, 0.29) is 18.0 Å². The summed E-state index contributed by atoms with van der Waals surface area (Å²) in [7, 11) is 0. The molecule has 0 bridgehead atoms. The summed E-state index contributed by atoms with van der Waals surface area (Å²) >= 11 is 0. The molecule has 1 saturated heterocycles. The molecule has 1 N–H and O–H groups in total. The van der Waals surface area contributed by atoms with Crippen molar-refractivity contribution in [1.29, 1.82) is 0 Å². The molecule has 6 heteroatoms. The number of carbonyl (C=O) groups is 2. The van der Waals surface area contributed by atoms with Gasteiger partial charge in [-0.25, -0.2) is 4.79 Å². The molecule has 0 saturated carbocycles. The van der Waals surface area contributed by atoms with Gasteiger partial charge in [0.2, 0.25) is 5.91 Å². The second-order valence-electron chi connectivity index (χ2n) is 6.21. The van der Waals surface area contributed by atoms with Gasteiger partial charge in [0.05, 0.1) is 12.7 Å². The summed E-state index contributed by atoms with van der Waals surface area (Å²) in [5.74, 6) is -0.250. The number of nitrogens with zero attached hydrogens (tertiary/aromatic N) is 1. The van der Waals surface area contributed by atoms with Crippen LogP contribution in [0.3, 0.4) is 0 Å². The Kier molecular flexibility index (Phi) is 6.43. The molecule has 2 rings (SSSR count). The monoisotopic (exact) mass is 336 g/mol. The van der Waals surface area contributed by atoms with Crippen molar-refractivity contribution in [2.45, 2.75) is 59.6 Å². The Hall–Kier alpha value is -1.82. The third-order valence-corrected chi connectivity index (χ3v) is 4.52. The van der Waals surface area contributed by atoms with Crippen molar-refractivity contribution in [3.05, 3.63) is 22.5 Å². The number of nitrogens with one attached hydrogen (secondary N) is 1. The lowest BCUT2D eigenvalue weighted by atomic mass is 10.1. The Morgan fingerprint density at radius 3 is 2.67 bits per heavy atom. The van der Waals surface area contributed by atoms with Crippen molar-refractivity contribution >= 4 is 11.9 Å². The maximum atomic E-state index is 12.3. The number of esters is 1. The molecule has 134 valence electrons. The van der Waals surface area contributed by atoms with Crippen molar-refractivity contribution in [3.8, 4) is 0 Å². The molecule has 0 radical (unpaired) electrons. The second kappa shape index (κ2) is 8.33. The van der Waals surface area contributed by atoms with E-state index in [1.165, 1.54) is 0 Å². The van der Waals surface area contributed by atoms with E-state index >= 15 is 0 Å². The summed E-state index contributed by atoms with van der Waals surface area (Å²) in [5, 5.41) is 0. The first-order valence-electron chi connectivity index (χ1n) is 8.72. The molecule has 0 aromatic carbocycles. The molecule has 1 fully saturated rings. The molecule has 0 unspecified atom stereocenters. The number of hydrogen-bond acceptors (Lipinski definition) is 4. The zero-order valence-electron chi connectivity index (χ0n) is 15.1. The van der Waals surface area contributed by atoms with Gasteiger partial charge in [-0.3, -0.25) is 4.79 Å². The third-order valence-electron chi connectivity index (χ3n) is 4.52. The van der Waals surface area contributed by atoms with Gasteiger partial charge in [0.1, 0.15) is 5.69 Å². The zero-order chi connectivity index (χ0) is 17.7. The van der Waals surface area contributed by atoms with Gasteiger partial charge >= 0.3 is 5.97 Å². The second-order valence-corrected chi connectivity index (χ2v) is 6.21. The quantitative estimate of drug-likeness (QED) is 0.777. The predicted octanol–water partition coefficient (Wildman–Crippen LogP) is 2.73. The number of rotatable bonds is 7. The standard InChI is InChI=1S/C18H28N2O4/c1-5-16(21)20(10-14-8-7-9-24-14)11-15-12(3)17(19-13(15)4)18(22)23-6-2/h14,19H,5-11H2,1-4H3/t14-/m1/s1. The molecule has 2 heterocycles. The van der Waals surface area contributed by atoms with Crippen molar-refractivity contribution < 1.29 is 19.1 Å². The van der Waals surface area contributed by atoms with Crippen LogP contribution in [0.5, 0.6) is 0 Å². The van der Waals surface area contributed by atoms with Crippen LogP contribution in [0.4, 0.5) is 0 Å². The Balaban J connectivity index is 2.18. The number of carbonyl (C=O) groups excluding carboxylic acids is 2. The zero-order valence-corrected chi connectivity index (χ0v) is 15.1. The number of amides is 1. The van der Waals surface area contributed by atoms with E-state index in [4.69, 9.17) is 9.47 Å². The summed E-state index contributed by atoms with van der Waals surface area (Å²) in [6.45, 7) is 9.67. The van der Waals surface area contributed by atoms with Crippen molar-refractivity contribution in [3.63, 3.8) is 0 Å². The average Bonchev–Trinajstić information content (AvgIpc) is 3.16. The van der Waals surface area contributed by atoms with Crippen LogP contribution in [0.25, 0.3) is 0 Å². The molecular formula is C18H28N2O4. The highest BCUT2D eigenvalue weighted by molar-refractivity contribution is 5.89. The van der Waals surface area contributed by atoms with Gasteiger partial charge < -0.3 is 19.4 Å². The van der Waals surface area contributed by atoms with Crippen LogP contribution in [-0.2, 0) is 20.8 Å². The molecule has 0 spiro atoms.